The smallest absolute Gasteiger partial charge is 0.306 e. The number of hydrogen-bond donors (Lipinski definition) is 4. The average Bonchev–Trinajstić information content (AvgIpc) is 2.87. The number of carbonyl (C=O) groups excluding carboxylic acids is 3. The number of ether oxygens (including phenoxy) is 5. The van der Waals surface area contributed by atoms with Crippen molar-refractivity contribution in [3.05, 3.63) is 0 Å². The van der Waals surface area contributed by atoms with Crippen LogP contribution in [0.1, 0.15) is 85.0 Å². The molecule has 0 aromatic rings. The fourth-order valence-corrected chi connectivity index (χ4v) is 4.03. The molecule has 7 atom stereocenters. The van der Waals surface area contributed by atoms with Gasteiger partial charge in [-0.2, -0.15) is 0 Å². The summed E-state index contributed by atoms with van der Waals surface area (Å²) in [5.41, 5.74) is 0. The zero-order valence-corrected chi connectivity index (χ0v) is 22.8. The van der Waals surface area contributed by atoms with Crippen LogP contribution in [0.15, 0.2) is 0 Å². The average molecular weight is 551 g/mol. The lowest BCUT2D eigenvalue weighted by Gasteiger charge is -2.43. The van der Waals surface area contributed by atoms with Gasteiger partial charge in [0.25, 0.3) is 0 Å². The van der Waals surface area contributed by atoms with Gasteiger partial charge in [-0.25, -0.2) is 0 Å². The lowest BCUT2D eigenvalue weighted by atomic mass is 9.98. The Labute approximate surface area is 224 Å². The first-order valence-corrected chi connectivity index (χ1v) is 13.5. The monoisotopic (exact) mass is 550 g/mol. The van der Waals surface area contributed by atoms with Gasteiger partial charge in [-0.15, -0.1) is 0 Å². The van der Waals surface area contributed by atoms with Gasteiger partial charge < -0.3 is 44.1 Å². The minimum atomic E-state index is -1.53. The Morgan fingerprint density at radius 1 is 0.842 bits per heavy atom. The van der Waals surface area contributed by atoms with E-state index in [1.165, 1.54) is 32.6 Å². The van der Waals surface area contributed by atoms with Crippen LogP contribution in [-0.2, 0) is 38.1 Å². The number of esters is 3. The molecule has 0 bridgehead atoms. The number of rotatable bonds is 19. The standard InChI is InChI=1S/C26H46O12/c1-4-5-6-7-8-9-10-11-12-13-22(32)38-24-23(33)21(16-34-17(2)28)37-26(25(24)36-18(3)29)35-15-20(31)19(30)14-27/h19-21,23-27,30-31,33H,4-16H2,1-3H3/t19-,20+,21-,23-,24+,25+,26-/m1/s1. The highest BCUT2D eigenvalue weighted by Crippen LogP contribution is 2.28. The third-order valence-electron chi connectivity index (χ3n) is 6.19. The van der Waals surface area contributed by atoms with Crippen molar-refractivity contribution in [3.8, 4) is 0 Å². The normalized spacial score (nSPS) is 24.9. The van der Waals surface area contributed by atoms with Crippen LogP contribution in [0, 0.1) is 0 Å². The molecule has 1 heterocycles. The van der Waals surface area contributed by atoms with Crippen LogP contribution in [0.5, 0.6) is 0 Å². The minimum Gasteiger partial charge on any atom is -0.463 e. The van der Waals surface area contributed by atoms with Gasteiger partial charge in [0.1, 0.15) is 31.0 Å². The lowest BCUT2D eigenvalue weighted by molar-refractivity contribution is -0.311. The fourth-order valence-electron chi connectivity index (χ4n) is 4.03. The van der Waals surface area contributed by atoms with E-state index in [1.54, 1.807) is 0 Å². The topological polar surface area (TPSA) is 178 Å². The van der Waals surface area contributed by atoms with Crippen molar-refractivity contribution in [2.75, 3.05) is 19.8 Å². The molecule has 1 fully saturated rings. The molecule has 4 N–H and O–H groups in total. The first kappa shape index (κ1) is 34.2. The van der Waals surface area contributed by atoms with Crippen molar-refractivity contribution in [1.82, 2.24) is 0 Å². The quantitative estimate of drug-likeness (QED) is 0.102. The third kappa shape index (κ3) is 13.3. The van der Waals surface area contributed by atoms with Crippen molar-refractivity contribution in [2.45, 2.75) is 128 Å². The summed E-state index contributed by atoms with van der Waals surface area (Å²) in [4.78, 5) is 35.7. The van der Waals surface area contributed by atoms with Crippen molar-refractivity contribution < 1.29 is 58.5 Å². The molecule has 0 aliphatic carbocycles. The van der Waals surface area contributed by atoms with Crippen LogP contribution >= 0.6 is 0 Å². The summed E-state index contributed by atoms with van der Waals surface area (Å²) in [6.45, 7) is 2.78. The van der Waals surface area contributed by atoms with Gasteiger partial charge >= 0.3 is 17.9 Å². The van der Waals surface area contributed by atoms with Crippen molar-refractivity contribution in [2.24, 2.45) is 0 Å². The first-order valence-electron chi connectivity index (χ1n) is 13.5. The molecule has 0 saturated carbocycles. The van der Waals surface area contributed by atoms with Crippen LogP contribution < -0.4 is 0 Å². The summed E-state index contributed by atoms with van der Waals surface area (Å²) in [5, 5.41) is 39.4. The zero-order valence-electron chi connectivity index (χ0n) is 22.8. The number of carbonyl (C=O) groups is 3. The third-order valence-corrected chi connectivity index (χ3v) is 6.19. The molecule has 38 heavy (non-hydrogen) atoms. The van der Waals surface area contributed by atoms with E-state index in [4.69, 9.17) is 28.8 Å². The fraction of sp³-hybridized carbons (Fsp3) is 0.885. The summed E-state index contributed by atoms with van der Waals surface area (Å²) in [5.74, 6) is -2.02. The number of aliphatic hydroxyl groups excluding tert-OH is 4. The van der Waals surface area contributed by atoms with Gasteiger partial charge in [-0.3, -0.25) is 14.4 Å². The molecule has 0 aromatic carbocycles. The predicted octanol–water partition coefficient (Wildman–Crippen LogP) is 1.13. The molecule has 0 unspecified atom stereocenters. The number of unbranched alkanes of at least 4 members (excludes halogenated alkanes) is 8. The van der Waals surface area contributed by atoms with Crippen molar-refractivity contribution >= 4 is 17.9 Å². The SMILES string of the molecule is CCCCCCCCCCCC(=O)O[C@H]1[C@H](O)[C@@H](COC(C)=O)O[C@@H](OC[C@H](O)[C@H](O)CO)[C@H]1OC(C)=O. The Kier molecular flexibility index (Phi) is 17.3. The van der Waals surface area contributed by atoms with E-state index < -0.39 is 80.6 Å². The van der Waals surface area contributed by atoms with Gasteiger partial charge in [-0.05, 0) is 6.42 Å². The predicted molar refractivity (Wildman–Crippen MR) is 134 cm³/mol. The molecule has 0 amide bonds. The molecule has 1 rings (SSSR count). The Balaban J connectivity index is 2.80. The van der Waals surface area contributed by atoms with E-state index in [-0.39, 0.29) is 6.42 Å². The Bertz CT molecular complexity index is 687. The second kappa shape index (κ2) is 19.3. The number of aliphatic hydroxyl groups is 4. The molecular formula is C26H46O12. The second-order valence-corrected chi connectivity index (χ2v) is 9.59. The van der Waals surface area contributed by atoms with Crippen LogP contribution in [0.25, 0.3) is 0 Å². The Morgan fingerprint density at radius 2 is 1.45 bits per heavy atom. The van der Waals surface area contributed by atoms with E-state index >= 15 is 0 Å². The van der Waals surface area contributed by atoms with Crippen molar-refractivity contribution in [1.29, 1.82) is 0 Å². The molecule has 12 heteroatoms. The summed E-state index contributed by atoms with van der Waals surface area (Å²) in [7, 11) is 0. The van der Waals surface area contributed by atoms with Gasteiger partial charge in [0.05, 0.1) is 13.2 Å². The molecular weight excluding hydrogens is 504 g/mol. The molecule has 0 radical (unpaired) electrons. The van der Waals surface area contributed by atoms with Gasteiger partial charge in [-0.1, -0.05) is 58.3 Å². The first-order chi connectivity index (χ1) is 18.1. The maximum absolute atomic E-state index is 12.6. The second-order valence-electron chi connectivity index (χ2n) is 9.59. The summed E-state index contributed by atoms with van der Waals surface area (Å²) < 4.78 is 26.8. The van der Waals surface area contributed by atoms with Gasteiger partial charge in [0.2, 0.25) is 0 Å². The molecule has 12 nitrogen and oxygen atoms in total. The molecule has 0 aromatic heterocycles. The van der Waals surface area contributed by atoms with E-state index in [0.717, 1.165) is 32.6 Å². The van der Waals surface area contributed by atoms with Gasteiger partial charge in [0.15, 0.2) is 18.5 Å². The minimum absolute atomic E-state index is 0.0915. The molecule has 0 spiro atoms. The summed E-state index contributed by atoms with van der Waals surface area (Å²) >= 11 is 0. The Morgan fingerprint density at radius 3 is 2.00 bits per heavy atom. The van der Waals surface area contributed by atoms with Crippen LogP contribution in [0.2, 0.25) is 0 Å². The Hall–Kier alpha value is -1.83. The summed E-state index contributed by atoms with van der Waals surface area (Å²) in [6.07, 6.45) is -0.335. The lowest BCUT2D eigenvalue weighted by Crippen LogP contribution is -2.62. The highest BCUT2D eigenvalue weighted by Gasteiger charge is 2.50. The van der Waals surface area contributed by atoms with E-state index in [2.05, 4.69) is 6.92 Å². The molecule has 1 saturated heterocycles. The van der Waals surface area contributed by atoms with E-state index in [1.807, 2.05) is 0 Å². The van der Waals surface area contributed by atoms with Gasteiger partial charge in [0, 0.05) is 20.3 Å². The van der Waals surface area contributed by atoms with Crippen LogP contribution in [0.4, 0.5) is 0 Å². The van der Waals surface area contributed by atoms with E-state index in [0.29, 0.717) is 6.42 Å². The van der Waals surface area contributed by atoms with Crippen LogP contribution in [-0.4, -0.2) is 101 Å². The highest BCUT2D eigenvalue weighted by atomic mass is 16.7. The zero-order chi connectivity index (χ0) is 28.5. The molecule has 1 aliphatic heterocycles. The van der Waals surface area contributed by atoms with Crippen LogP contribution in [0.3, 0.4) is 0 Å². The molecule has 222 valence electrons. The van der Waals surface area contributed by atoms with Crippen molar-refractivity contribution in [3.63, 3.8) is 0 Å². The summed E-state index contributed by atoms with van der Waals surface area (Å²) in [6, 6.07) is 0. The highest BCUT2D eigenvalue weighted by molar-refractivity contribution is 5.70. The number of hydrogen-bond acceptors (Lipinski definition) is 12. The largest absolute Gasteiger partial charge is 0.463 e. The van der Waals surface area contributed by atoms with E-state index in [9.17, 15) is 29.7 Å². The maximum atomic E-state index is 12.6. The maximum Gasteiger partial charge on any atom is 0.306 e. The molecule has 1 aliphatic rings.